The Bertz CT molecular complexity index is 444. The summed E-state index contributed by atoms with van der Waals surface area (Å²) in [6, 6.07) is -0.731. The van der Waals surface area contributed by atoms with Crippen molar-refractivity contribution in [3.63, 3.8) is 0 Å². The molecule has 0 aromatic heterocycles. The van der Waals surface area contributed by atoms with Crippen LogP contribution < -0.4 is 0 Å². The van der Waals surface area contributed by atoms with Crippen LogP contribution in [0.15, 0.2) is 0 Å². The Morgan fingerprint density at radius 1 is 1.32 bits per heavy atom. The predicted octanol–water partition coefficient (Wildman–Crippen LogP) is -0.797. The van der Waals surface area contributed by atoms with Crippen LogP contribution in [0.1, 0.15) is 20.3 Å². The number of aliphatic hydroxyl groups is 1. The van der Waals surface area contributed by atoms with Crippen LogP contribution in [0.5, 0.6) is 0 Å². The number of methoxy groups -OCH3 is 1. The minimum atomic E-state index is -1.36. The molecule has 0 spiro atoms. The quantitative estimate of drug-likeness (QED) is 0.633. The van der Waals surface area contributed by atoms with Gasteiger partial charge in [0.2, 0.25) is 0 Å². The number of rotatable bonds is 2. The molecule has 3 rings (SSSR count). The maximum absolute atomic E-state index is 11.4. The molecular weight excluding hydrogens is 298 g/mol. The number of fused-ring (bicyclic) bond motifs is 3. The Balaban J connectivity index is 1.73. The number of hydroxylamine groups is 2. The number of hydrogen-bond acceptors (Lipinski definition) is 9. The zero-order valence-electron chi connectivity index (χ0n) is 12.7. The van der Waals surface area contributed by atoms with Gasteiger partial charge in [0.25, 0.3) is 0 Å². The number of aliphatic hydroxyl groups excluding tert-OH is 1. The van der Waals surface area contributed by atoms with Crippen molar-refractivity contribution < 1.29 is 38.8 Å². The van der Waals surface area contributed by atoms with E-state index in [4.69, 9.17) is 18.9 Å². The van der Waals surface area contributed by atoms with Crippen molar-refractivity contribution in [1.29, 1.82) is 0 Å². The van der Waals surface area contributed by atoms with Gasteiger partial charge >= 0.3 is 5.97 Å². The van der Waals surface area contributed by atoms with Crippen LogP contribution in [0.25, 0.3) is 0 Å². The molecule has 3 fully saturated rings. The Labute approximate surface area is 127 Å². The van der Waals surface area contributed by atoms with Gasteiger partial charge in [-0.2, -0.15) is 5.06 Å². The highest BCUT2D eigenvalue weighted by Crippen LogP contribution is 2.41. The van der Waals surface area contributed by atoms with E-state index in [1.807, 2.05) is 0 Å². The summed E-state index contributed by atoms with van der Waals surface area (Å²) in [5.41, 5.74) is 0. The number of ether oxygens (including phenoxy) is 5. The van der Waals surface area contributed by atoms with Crippen molar-refractivity contribution in [1.82, 2.24) is 5.06 Å². The highest BCUT2D eigenvalue weighted by molar-refractivity contribution is 5.69. The van der Waals surface area contributed by atoms with Crippen LogP contribution in [0.4, 0.5) is 0 Å². The van der Waals surface area contributed by atoms with E-state index in [0.29, 0.717) is 5.06 Å². The Morgan fingerprint density at radius 3 is 2.73 bits per heavy atom. The van der Waals surface area contributed by atoms with Crippen molar-refractivity contribution in [2.24, 2.45) is 0 Å². The van der Waals surface area contributed by atoms with Gasteiger partial charge in [-0.25, -0.2) is 0 Å². The number of hydrogen-bond donors (Lipinski definition) is 2. The Kier molecular flexibility index (Phi) is 4.14. The van der Waals surface area contributed by atoms with E-state index in [-0.39, 0.29) is 13.0 Å². The van der Waals surface area contributed by atoms with Crippen molar-refractivity contribution >= 4 is 5.97 Å². The van der Waals surface area contributed by atoms with Crippen molar-refractivity contribution in [3.05, 3.63) is 0 Å². The second kappa shape index (κ2) is 5.68. The van der Waals surface area contributed by atoms with E-state index < -0.39 is 48.6 Å². The summed E-state index contributed by atoms with van der Waals surface area (Å²) in [6.07, 6.45) is -4.06. The Hall–Kier alpha value is -0.810. The lowest BCUT2D eigenvalue weighted by molar-refractivity contribution is -0.273. The van der Waals surface area contributed by atoms with Crippen LogP contribution in [-0.2, 0) is 28.5 Å². The van der Waals surface area contributed by atoms with E-state index >= 15 is 0 Å². The molecular formula is C13H21NO8. The van der Waals surface area contributed by atoms with E-state index in [1.165, 1.54) is 7.11 Å². The molecule has 0 unspecified atom stereocenters. The van der Waals surface area contributed by atoms with Gasteiger partial charge in [-0.3, -0.25) is 4.79 Å². The molecule has 126 valence electrons. The minimum absolute atomic E-state index is 0.0280. The lowest BCUT2D eigenvalue weighted by Crippen LogP contribution is -2.49. The molecule has 0 bridgehead atoms. The predicted molar refractivity (Wildman–Crippen MR) is 68.5 cm³/mol. The lowest BCUT2D eigenvalue weighted by atomic mass is 10.1. The van der Waals surface area contributed by atoms with Gasteiger partial charge in [-0.05, 0) is 13.8 Å². The first-order valence-corrected chi connectivity index (χ1v) is 7.17. The van der Waals surface area contributed by atoms with Crippen molar-refractivity contribution in [3.8, 4) is 0 Å². The topological polar surface area (TPSA) is 107 Å². The molecule has 0 aromatic rings. The summed E-state index contributed by atoms with van der Waals surface area (Å²) in [5, 5.41) is 21.1. The summed E-state index contributed by atoms with van der Waals surface area (Å²) in [5.74, 6) is -1.31. The molecule has 3 aliphatic rings. The zero-order chi connectivity index (χ0) is 16.1. The summed E-state index contributed by atoms with van der Waals surface area (Å²) in [6.45, 7) is 3.55. The van der Waals surface area contributed by atoms with Crippen LogP contribution in [0, 0.1) is 0 Å². The molecule has 0 amide bonds. The van der Waals surface area contributed by atoms with Crippen LogP contribution >= 0.6 is 0 Å². The monoisotopic (exact) mass is 319 g/mol. The molecule has 6 atom stereocenters. The molecule has 0 radical (unpaired) electrons. The highest BCUT2D eigenvalue weighted by atomic mass is 16.8. The zero-order valence-corrected chi connectivity index (χ0v) is 12.7. The first kappa shape index (κ1) is 16.1. The number of carbonyl (C=O) groups excluding carboxylic acids is 1. The third kappa shape index (κ3) is 2.73. The first-order chi connectivity index (χ1) is 10.3. The van der Waals surface area contributed by atoms with Gasteiger partial charge in [-0.1, -0.05) is 0 Å². The van der Waals surface area contributed by atoms with E-state index in [0.717, 1.165) is 0 Å². The van der Waals surface area contributed by atoms with E-state index in [2.05, 4.69) is 4.74 Å². The third-order valence-electron chi connectivity index (χ3n) is 4.08. The fourth-order valence-corrected chi connectivity index (χ4v) is 3.03. The molecule has 9 heteroatoms. The largest absolute Gasteiger partial charge is 0.469 e. The van der Waals surface area contributed by atoms with Crippen LogP contribution in [0.2, 0.25) is 0 Å². The van der Waals surface area contributed by atoms with Crippen molar-refractivity contribution in [2.75, 3.05) is 13.7 Å². The fraction of sp³-hybridized carbons (Fsp3) is 0.923. The van der Waals surface area contributed by atoms with E-state index in [9.17, 15) is 15.1 Å². The average molecular weight is 319 g/mol. The second-order valence-corrected chi connectivity index (χ2v) is 6.09. The summed E-state index contributed by atoms with van der Waals surface area (Å²) < 4.78 is 27.3. The molecule has 0 saturated carbocycles. The normalized spacial score (nSPS) is 44.2. The van der Waals surface area contributed by atoms with Gasteiger partial charge in [0.15, 0.2) is 18.3 Å². The summed E-state index contributed by atoms with van der Waals surface area (Å²) in [4.78, 5) is 11.4. The molecule has 3 heterocycles. The van der Waals surface area contributed by atoms with Gasteiger partial charge in [0.1, 0.15) is 18.3 Å². The highest BCUT2D eigenvalue weighted by Gasteiger charge is 2.59. The van der Waals surface area contributed by atoms with Gasteiger partial charge in [0.05, 0.1) is 26.2 Å². The lowest BCUT2D eigenvalue weighted by Gasteiger charge is -2.29. The smallest absolute Gasteiger partial charge is 0.307 e. The van der Waals surface area contributed by atoms with E-state index in [1.54, 1.807) is 13.8 Å². The second-order valence-electron chi connectivity index (χ2n) is 6.09. The fourth-order valence-electron chi connectivity index (χ4n) is 3.03. The number of carbonyl (C=O) groups is 1. The van der Waals surface area contributed by atoms with Gasteiger partial charge in [0, 0.05) is 0 Å². The molecule has 2 N–H and O–H groups in total. The Morgan fingerprint density at radius 2 is 2.05 bits per heavy atom. The molecule has 22 heavy (non-hydrogen) atoms. The van der Waals surface area contributed by atoms with Gasteiger partial charge in [-0.15, -0.1) is 0 Å². The third-order valence-corrected chi connectivity index (χ3v) is 4.08. The van der Waals surface area contributed by atoms with Crippen molar-refractivity contribution in [2.45, 2.75) is 62.9 Å². The van der Waals surface area contributed by atoms with Gasteiger partial charge < -0.3 is 34.0 Å². The average Bonchev–Trinajstić information content (AvgIpc) is 2.89. The maximum atomic E-state index is 11.4. The maximum Gasteiger partial charge on any atom is 0.307 e. The summed E-state index contributed by atoms with van der Waals surface area (Å²) in [7, 11) is 1.26. The molecule has 3 aliphatic heterocycles. The standard InChI is InChI=1S/C13H21NO8/c1-13(2)21-10-8-9(20-12(10)22-13)11(16)14(17)6(5-19-8)4-7(15)18-3/h6,8-12,16-17H,4-5H2,1-3H3/t6-,8-,9-,10+,11+,12+/m0/s1. The minimum Gasteiger partial charge on any atom is -0.469 e. The number of esters is 1. The van der Waals surface area contributed by atoms with Crippen LogP contribution in [0.3, 0.4) is 0 Å². The van der Waals surface area contributed by atoms with Crippen LogP contribution in [-0.4, -0.2) is 77.7 Å². The first-order valence-electron chi connectivity index (χ1n) is 7.17. The molecule has 0 aromatic carbocycles. The molecule has 0 aliphatic carbocycles. The molecule has 9 nitrogen and oxygen atoms in total. The molecule has 3 saturated heterocycles. The SMILES string of the molecule is COC(=O)C[C@H]1CO[C@@H]2[C@H]3OC(C)(C)O[C@H]3O[C@@H]2[C@@H](O)N1O. The number of nitrogens with zero attached hydrogens (tertiary/aromatic N) is 1. The summed E-state index contributed by atoms with van der Waals surface area (Å²) >= 11 is 0.